The van der Waals surface area contributed by atoms with Gasteiger partial charge in [0.1, 0.15) is 89.5 Å². The van der Waals surface area contributed by atoms with Crippen molar-refractivity contribution < 1.29 is 118 Å². The molecule has 0 unspecified atom stereocenters. The second-order valence-corrected chi connectivity index (χ2v) is 28.6. The Morgan fingerprint density at radius 1 is 0.701 bits per heavy atom. The minimum absolute atomic E-state index is 0.0974. The standard InChI is InChI=1S/C72H87Cl2N9O24/c1-6-7-8-9-10-17-77-40(18-29(2)3)64(94)82-55-57(89)32-12-15-44(38(73)20-32)103-46-22-34-23-47(61(46)107-71-62(60(92)59(91)48(28-84)105-71)106-50-27-72(5,76)63(93)30(4)102-50)104-45-16-13-33(21-39(45)74)58(90)56-69(99)81-54(70(100)101)37-24-35(85)25-43(87)51(37)36-19-31(11-14-42(36)86)52(66(96)83-56)80-67(97)53(34)79-65(95)41(26-49(75)88)78-68(55)98/h11-16,19-25,29-30,40-41,48,50,52-60,62-63,71,77,84-87,89-93H,6-10,17-18,26-28,76H2,1-5H3,(H2,75,88)(H,78,98)(H,79,95)(H,80,97)(H,81,99)(H,82,94)(H,83,96)(H,100,101)/t30-,40+,41-,48+,50-,52+,53+,54-,55+,56-,57+,58+,59+,60-,62+,63+,71-,72-/m0/s1. The first-order valence-electron chi connectivity index (χ1n) is 34.7. The number of rotatable bonds is 19. The average molecular weight is 1530 g/mol. The van der Waals surface area contributed by atoms with E-state index in [9.17, 15) is 70.2 Å². The van der Waals surface area contributed by atoms with Gasteiger partial charge in [-0.15, -0.1) is 0 Å². The third-order valence-corrected chi connectivity index (χ3v) is 19.7. The molecule has 7 aliphatic heterocycles. The Labute approximate surface area is 622 Å². The lowest BCUT2D eigenvalue weighted by Crippen LogP contribution is -2.64. The maximum absolute atomic E-state index is 16.1. The zero-order chi connectivity index (χ0) is 77.8. The number of aromatic hydroxyl groups is 3. The molecule has 7 heterocycles. The lowest BCUT2D eigenvalue weighted by molar-refractivity contribution is -0.333. The molecule has 0 radical (unpaired) electrons. The number of carbonyl (C=O) groups is 8. The molecule has 33 nitrogen and oxygen atoms in total. The van der Waals surface area contributed by atoms with E-state index in [1.165, 1.54) is 26.0 Å². The van der Waals surface area contributed by atoms with Gasteiger partial charge in [-0.1, -0.05) is 87.9 Å². The third-order valence-electron chi connectivity index (χ3n) is 19.1. The average Bonchev–Trinajstić information content (AvgIpc) is 0.767. The highest BCUT2D eigenvalue weighted by molar-refractivity contribution is 6.32. The van der Waals surface area contributed by atoms with Crippen LogP contribution in [0.2, 0.25) is 10.0 Å². The number of fused-ring (bicyclic) bond motifs is 15. The highest BCUT2D eigenvalue weighted by Crippen LogP contribution is 2.50. The number of ether oxygens (including phenoxy) is 6. The molecule has 5 aromatic carbocycles. The van der Waals surface area contributed by atoms with E-state index < -0.39 is 237 Å². The molecule has 0 saturated carbocycles. The number of carboxylic acid groups (broad SMARTS) is 1. The van der Waals surface area contributed by atoms with E-state index in [1.807, 2.05) is 13.8 Å². The first kappa shape index (κ1) is 80.3. The number of phenolic OH excluding ortho intramolecular Hbond substituents is 3. The zero-order valence-electron chi connectivity index (χ0n) is 58.6. The number of benzene rings is 5. The molecule has 35 heteroatoms. The molecule has 12 rings (SSSR count). The van der Waals surface area contributed by atoms with Crippen LogP contribution in [0.5, 0.6) is 46.0 Å². The summed E-state index contributed by atoms with van der Waals surface area (Å²) in [7, 11) is 0. The Hall–Kier alpha value is -9.20. The van der Waals surface area contributed by atoms with Crippen molar-refractivity contribution >= 4 is 70.5 Å². The molecule has 2 fully saturated rings. The van der Waals surface area contributed by atoms with Crippen LogP contribution in [-0.2, 0) is 52.6 Å². The van der Waals surface area contributed by atoms with Crippen molar-refractivity contribution in [2.24, 2.45) is 17.4 Å². The van der Waals surface area contributed by atoms with Crippen LogP contribution in [0.1, 0.15) is 144 Å². The van der Waals surface area contributed by atoms with E-state index in [0.29, 0.717) is 13.0 Å². The highest BCUT2D eigenvalue weighted by atomic mass is 35.5. The number of hydrogen-bond donors (Lipinski definition) is 19. The van der Waals surface area contributed by atoms with Crippen LogP contribution in [0.3, 0.4) is 0 Å². The quantitative estimate of drug-likeness (QED) is 0.0528. The number of carbonyl (C=O) groups excluding carboxylic acids is 7. The molecule has 0 aromatic heterocycles. The fourth-order valence-corrected chi connectivity index (χ4v) is 13.9. The maximum atomic E-state index is 16.1. The van der Waals surface area contributed by atoms with Crippen molar-refractivity contribution in [1.82, 2.24) is 37.2 Å². The van der Waals surface area contributed by atoms with Gasteiger partial charge in [-0.25, -0.2) is 4.79 Å². The van der Waals surface area contributed by atoms with Crippen LogP contribution in [0.15, 0.2) is 78.9 Å². The number of amides is 7. The molecule has 18 atom stereocenters. The van der Waals surface area contributed by atoms with E-state index >= 15 is 19.2 Å². The number of primary amides is 1. The predicted octanol–water partition coefficient (Wildman–Crippen LogP) is 2.45. The molecule has 5 aromatic rings. The van der Waals surface area contributed by atoms with Crippen LogP contribution in [-0.4, -0.2) is 190 Å². The van der Waals surface area contributed by atoms with E-state index in [0.717, 1.165) is 92.4 Å². The number of nitrogens with two attached hydrogens (primary N) is 2. The zero-order valence-corrected chi connectivity index (χ0v) is 60.1. The number of aliphatic hydroxyl groups excluding tert-OH is 6. The van der Waals surface area contributed by atoms with Gasteiger partial charge in [0, 0.05) is 34.7 Å². The van der Waals surface area contributed by atoms with Gasteiger partial charge < -0.3 is 128 Å². The van der Waals surface area contributed by atoms with E-state index in [4.69, 9.17) is 63.1 Å². The minimum Gasteiger partial charge on any atom is -0.508 e. The van der Waals surface area contributed by atoms with Gasteiger partial charge in [0.25, 0.3) is 0 Å². The number of aliphatic hydroxyl groups is 6. The lowest BCUT2D eigenvalue weighted by Gasteiger charge is -2.47. The number of nitrogens with one attached hydrogen (secondary N) is 7. The smallest absolute Gasteiger partial charge is 0.330 e. The first-order valence-corrected chi connectivity index (χ1v) is 35.4. The summed E-state index contributed by atoms with van der Waals surface area (Å²) in [5.74, 6) is -15.9. The topological polar surface area (TPSA) is 530 Å². The highest BCUT2D eigenvalue weighted by Gasteiger charge is 2.52. The number of hydrogen-bond acceptors (Lipinski definition) is 25. The molecule has 0 aliphatic carbocycles. The Bertz CT molecular complexity index is 4190. The van der Waals surface area contributed by atoms with Crippen molar-refractivity contribution in [1.29, 1.82) is 0 Å². The normalized spacial score (nSPS) is 28.5. The summed E-state index contributed by atoms with van der Waals surface area (Å²) in [5.41, 5.74) is 8.12. The van der Waals surface area contributed by atoms with Crippen molar-refractivity contribution in [3.63, 3.8) is 0 Å². The Kier molecular flexibility index (Phi) is 25.5. The van der Waals surface area contributed by atoms with Gasteiger partial charge in [0.05, 0.1) is 41.3 Å². The molecule has 0 spiro atoms. The molecule has 7 aliphatic rings. The lowest BCUT2D eigenvalue weighted by atomic mass is 9.86. The molecular formula is C72H87Cl2N9O24. The van der Waals surface area contributed by atoms with Crippen LogP contribution in [0.25, 0.3) is 11.1 Å². The van der Waals surface area contributed by atoms with Gasteiger partial charge in [0.2, 0.25) is 53.4 Å². The molecule has 21 N–H and O–H groups in total. The van der Waals surface area contributed by atoms with Crippen LogP contribution < -0.4 is 62.9 Å². The van der Waals surface area contributed by atoms with Gasteiger partial charge in [0.15, 0.2) is 29.9 Å². The van der Waals surface area contributed by atoms with Gasteiger partial charge in [-0.2, -0.15) is 0 Å². The number of aliphatic carboxylic acids is 1. The van der Waals surface area contributed by atoms with Gasteiger partial charge in [-0.05, 0) is 116 Å². The minimum atomic E-state index is -2.35. The third kappa shape index (κ3) is 18.2. The van der Waals surface area contributed by atoms with E-state index in [-0.39, 0.29) is 46.2 Å². The van der Waals surface area contributed by atoms with Crippen LogP contribution in [0.4, 0.5) is 0 Å². The molecule has 578 valence electrons. The van der Waals surface area contributed by atoms with Crippen molar-refractivity contribution in [2.75, 3.05) is 13.2 Å². The number of unbranched alkanes of at least 4 members (excludes halogenated alkanes) is 4. The second kappa shape index (κ2) is 33.9. The summed E-state index contributed by atoms with van der Waals surface area (Å²) >= 11 is 14.2. The predicted molar refractivity (Wildman–Crippen MR) is 377 cm³/mol. The molecular weight excluding hydrogens is 1450 g/mol. The monoisotopic (exact) mass is 1530 g/mol. The van der Waals surface area contributed by atoms with E-state index in [1.54, 1.807) is 0 Å². The van der Waals surface area contributed by atoms with Crippen molar-refractivity contribution in [3.8, 4) is 57.1 Å². The molecule has 107 heavy (non-hydrogen) atoms. The van der Waals surface area contributed by atoms with Gasteiger partial charge >= 0.3 is 5.97 Å². The summed E-state index contributed by atoms with van der Waals surface area (Å²) in [4.78, 5) is 118. The van der Waals surface area contributed by atoms with Crippen LogP contribution >= 0.6 is 23.2 Å². The van der Waals surface area contributed by atoms with Crippen molar-refractivity contribution in [3.05, 3.63) is 117 Å². The molecule has 2 saturated heterocycles. The number of carboxylic acids is 1. The first-order chi connectivity index (χ1) is 50.7. The van der Waals surface area contributed by atoms with Gasteiger partial charge in [-0.3, -0.25) is 33.6 Å². The maximum Gasteiger partial charge on any atom is 0.330 e. The largest absolute Gasteiger partial charge is 0.508 e. The Morgan fingerprint density at radius 3 is 1.93 bits per heavy atom. The summed E-state index contributed by atoms with van der Waals surface area (Å²) in [6, 6.07) is -0.524. The van der Waals surface area contributed by atoms with E-state index in [2.05, 4.69) is 44.1 Å². The molecule has 11 bridgehead atoms. The molecule has 7 amide bonds. The summed E-state index contributed by atoms with van der Waals surface area (Å²) in [6.07, 6.45) is -14.1. The summed E-state index contributed by atoms with van der Waals surface area (Å²) in [5, 5.41) is 132. The fourth-order valence-electron chi connectivity index (χ4n) is 13.4. The fraction of sp³-hybridized carbons (Fsp3) is 0.472. The second-order valence-electron chi connectivity index (χ2n) is 27.8. The van der Waals surface area contributed by atoms with Crippen molar-refractivity contribution in [2.45, 2.75) is 195 Å². The number of phenols is 3. The summed E-state index contributed by atoms with van der Waals surface area (Å²) in [6.45, 7) is 8.22. The van der Waals surface area contributed by atoms with Crippen LogP contribution in [0, 0.1) is 5.92 Å². The Morgan fingerprint density at radius 2 is 1.32 bits per heavy atom. The Balaban J connectivity index is 1.21. The SMILES string of the molecule is CCCCCCCN[C@H](CC(C)C)C(=O)N[C@H]1C(=O)N[C@@H](CC(N)=O)C(=O)N[C@H]2C(=O)N[C@H]3C(=O)N[C@H](C(=O)N[C@H](C(=O)O)c4cc(O)cc(O)c4-c4cc3ccc4O)[C@H](O)c3ccc(c(Cl)c3)Oc3cc2cc(c3O[C@@H]2O[C@H](CO)[C@@H](O)[C@H](O)[C@H]2O[C@H]2C[C@](C)(N)[C@H](O)[C@H](C)O2)Oc2ccc(cc2Cl)[C@H]1O. The number of halogens is 2. The summed E-state index contributed by atoms with van der Waals surface area (Å²) < 4.78 is 38.5.